The van der Waals surface area contributed by atoms with E-state index in [4.69, 9.17) is 9.47 Å². The van der Waals surface area contributed by atoms with Crippen molar-refractivity contribution < 1.29 is 18.7 Å². The van der Waals surface area contributed by atoms with Gasteiger partial charge in [0, 0.05) is 60.2 Å². The van der Waals surface area contributed by atoms with Crippen LogP contribution in [0.5, 0.6) is 11.5 Å². The molecule has 5 nitrogen and oxygen atoms in total. The highest BCUT2D eigenvalue weighted by Gasteiger charge is 2.25. The summed E-state index contributed by atoms with van der Waals surface area (Å²) >= 11 is 1.49. The Labute approximate surface area is 172 Å². The summed E-state index contributed by atoms with van der Waals surface area (Å²) in [6.07, 6.45) is 0.444. The van der Waals surface area contributed by atoms with Gasteiger partial charge in [-0.25, -0.2) is 4.39 Å². The number of thiophene rings is 1. The van der Waals surface area contributed by atoms with Gasteiger partial charge in [-0.1, -0.05) is 6.07 Å². The van der Waals surface area contributed by atoms with Crippen molar-refractivity contribution in [3.8, 4) is 11.5 Å². The largest absolute Gasteiger partial charge is 0.454 e. The van der Waals surface area contributed by atoms with Crippen LogP contribution in [0.15, 0.2) is 41.8 Å². The first kappa shape index (κ1) is 18.4. The summed E-state index contributed by atoms with van der Waals surface area (Å²) in [4.78, 5) is 17.3. The van der Waals surface area contributed by atoms with E-state index in [0.717, 1.165) is 53.5 Å². The van der Waals surface area contributed by atoms with E-state index >= 15 is 0 Å². The van der Waals surface area contributed by atoms with Gasteiger partial charge in [0.25, 0.3) is 0 Å². The Balaban J connectivity index is 1.19. The van der Waals surface area contributed by atoms with Gasteiger partial charge in [-0.2, -0.15) is 0 Å². The number of carbonyl (C=O) groups is 1. The molecule has 0 bridgehead atoms. The highest BCUT2D eigenvalue weighted by atomic mass is 32.1. The molecule has 1 aromatic heterocycles. The zero-order valence-corrected chi connectivity index (χ0v) is 16.7. The molecule has 5 rings (SSSR count). The first-order valence-corrected chi connectivity index (χ1v) is 10.6. The van der Waals surface area contributed by atoms with Gasteiger partial charge in [0.2, 0.25) is 6.79 Å². The number of para-hydroxylation sites is 1. The minimum atomic E-state index is -0.303. The molecule has 2 aliphatic rings. The summed E-state index contributed by atoms with van der Waals surface area (Å²) in [5, 5.41) is 2.58. The number of benzene rings is 2. The molecule has 3 aromatic rings. The summed E-state index contributed by atoms with van der Waals surface area (Å²) in [6, 6.07) is 10.6. The van der Waals surface area contributed by atoms with Crippen molar-refractivity contribution in [3.63, 3.8) is 0 Å². The van der Waals surface area contributed by atoms with Crippen molar-refractivity contribution in [2.24, 2.45) is 0 Å². The Morgan fingerprint density at radius 3 is 2.83 bits per heavy atom. The zero-order valence-electron chi connectivity index (χ0n) is 15.9. The molecule has 3 heterocycles. The Kier molecular flexibility index (Phi) is 4.85. The van der Waals surface area contributed by atoms with Gasteiger partial charge in [0.05, 0.1) is 5.69 Å². The fourth-order valence-corrected chi connectivity index (χ4v) is 4.93. The van der Waals surface area contributed by atoms with Crippen LogP contribution in [0.4, 0.5) is 10.1 Å². The minimum absolute atomic E-state index is 0.0794. The molecule has 1 saturated heterocycles. The quantitative estimate of drug-likeness (QED) is 0.589. The average Bonchev–Trinajstić information content (AvgIpc) is 3.39. The highest BCUT2D eigenvalue weighted by molar-refractivity contribution is 7.17. The smallest absolute Gasteiger partial charge is 0.231 e. The third-order valence-corrected chi connectivity index (χ3v) is 6.54. The molecule has 1 fully saturated rings. The third-order valence-electron chi connectivity index (χ3n) is 5.58. The van der Waals surface area contributed by atoms with Crippen molar-refractivity contribution in [3.05, 3.63) is 53.2 Å². The van der Waals surface area contributed by atoms with Gasteiger partial charge in [-0.15, -0.1) is 11.3 Å². The normalized spacial score (nSPS) is 16.5. The second-order valence-corrected chi connectivity index (χ2v) is 8.21. The molecule has 7 heteroatoms. The van der Waals surface area contributed by atoms with Gasteiger partial charge in [0.15, 0.2) is 17.3 Å². The summed E-state index contributed by atoms with van der Waals surface area (Å²) in [5.41, 5.74) is 1.71. The molecule has 0 unspecified atom stereocenters. The number of rotatable bonds is 5. The summed E-state index contributed by atoms with van der Waals surface area (Å²) in [7, 11) is 0. The topological polar surface area (TPSA) is 42.0 Å². The highest BCUT2D eigenvalue weighted by Crippen LogP contribution is 2.41. The van der Waals surface area contributed by atoms with Crippen LogP contribution in [-0.2, 0) is 0 Å². The molecule has 150 valence electrons. The van der Waals surface area contributed by atoms with E-state index in [9.17, 15) is 9.18 Å². The van der Waals surface area contributed by atoms with Crippen LogP contribution >= 0.6 is 11.3 Å². The number of ketones is 1. The van der Waals surface area contributed by atoms with Crippen molar-refractivity contribution in [2.75, 3.05) is 44.4 Å². The van der Waals surface area contributed by atoms with E-state index in [-0.39, 0.29) is 18.4 Å². The molecule has 2 aromatic carbocycles. The molecule has 0 atom stereocenters. The number of Topliss-reactive ketones (excluding diaryl/α,β-unsaturated/α-hetero) is 1. The molecule has 0 spiro atoms. The van der Waals surface area contributed by atoms with E-state index in [1.165, 1.54) is 23.5 Å². The number of halogens is 1. The summed E-state index contributed by atoms with van der Waals surface area (Å²) in [6.45, 7) is 4.51. The van der Waals surface area contributed by atoms with Crippen molar-refractivity contribution in [2.45, 2.75) is 6.42 Å². The lowest BCUT2D eigenvalue weighted by Gasteiger charge is -2.36. The van der Waals surface area contributed by atoms with E-state index in [1.54, 1.807) is 6.07 Å². The second-order valence-electron chi connectivity index (χ2n) is 7.30. The SMILES string of the molecule is O=C(CCN1CCN(c2cccc3c2OCO3)CC1)c1csc2ccc(F)cc12. The van der Waals surface area contributed by atoms with Crippen molar-refractivity contribution >= 4 is 32.9 Å². The first-order chi connectivity index (χ1) is 14.2. The Morgan fingerprint density at radius 1 is 1.10 bits per heavy atom. The molecule has 0 aliphatic carbocycles. The predicted molar refractivity (Wildman–Crippen MR) is 112 cm³/mol. The fraction of sp³-hybridized carbons (Fsp3) is 0.318. The number of hydrogen-bond donors (Lipinski definition) is 0. The maximum Gasteiger partial charge on any atom is 0.231 e. The fourth-order valence-electron chi connectivity index (χ4n) is 3.99. The molecular formula is C22H21FN2O3S. The van der Waals surface area contributed by atoms with Crippen LogP contribution in [0, 0.1) is 5.82 Å². The van der Waals surface area contributed by atoms with Gasteiger partial charge < -0.3 is 14.4 Å². The van der Waals surface area contributed by atoms with Crippen LogP contribution in [0.1, 0.15) is 16.8 Å². The average molecular weight is 412 g/mol. The predicted octanol–water partition coefficient (Wildman–Crippen LogP) is 4.16. The van der Waals surface area contributed by atoms with Crippen LogP contribution in [0.3, 0.4) is 0 Å². The van der Waals surface area contributed by atoms with Crippen LogP contribution in [0.2, 0.25) is 0 Å². The standard InChI is InChI=1S/C22H21FN2O3S/c23-15-4-5-21-16(12-15)17(13-29-21)19(26)6-7-24-8-10-25(11-9-24)18-2-1-3-20-22(18)28-14-27-20/h1-5,12-13H,6-11,14H2. The number of anilines is 1. The number of carbonyl (C=O) groups excluding carboxylic acids is 1. The molecule has 0 amide bonds. The van der Waals surface area contributed by atoms with Crippen LogP contribution in [-0.4, -0.2) is 50.2 Å². The van der Waals surface area contributed by atoms with E-state index in [2.05, 4.69) is 15.9 Å². The van der Waals surface area contributed by atoms with Crippen LogP contribution < -0.4 is 14.4 Å². The molecular weight excluding hydrogens is 391 g/mol. The Hall–Kier alpha value is -2.64. The lowest BCUT2D eigenvalue weighted by atomic mass is 10.1. The number of ether oxygens (including phenoxy) is 2. The number of piperazine rings is 1. The third kappa shape index (κ3) is 3.56. The lowest BCUT2D eigenvalue weighted by molar-refractivity contribution is 0.0964. The minimum Gasteiger partial charge on any atom is -0.454 e. The first-order valence-electron chi connectivity index (χ1n) is 9.75. The maximum atomic E-state index is 13.6. The number of nitrogens with zero attached hydrogens (tertiary/aromatic N) is 2. The second kappa shape index (κ2) is 7.65. The number of hydrogen-bond acceptors (Lipinski definition) is 6. The van der Waals surface area contributed by atoms with E-state index in [0.29, 0.717) is 18.5 Å². The number of fused-ring (bicyclic) bond motifs is 2. The van der Waals surface area contributed by atoms with E-state index < -0.39 is 0 Å². The van der Waals surface area contributed by atoms with Crippen molar-refractivity contribution in [1.29, 1.82) is 0 Å². The summed E-state index contributed by atoms with van der Waals surface area (Å²) < 4.78 is 25.6. The Bertz CT molecular complexity index is 1060. The molecule has 0 N–H and O–H groups in total. The molecule has 29 heavy (non-hydrogen) atoms. The van der Waals surface area contributed by atoms with Gasteiger partial charge >= 0.3 is 0 Å². The lowest BCUT2D eigenvalue weighted by Crippen LogP contribution is -2.47. The van der Waals surface area contributed by atoms with Crippen molar-refractivity contribution in [1.82, 2.24) is 4.90 Å². The Morgan fingerprint density at radius 2 is 1.97 bits per heavy atom. The van der Waals surface area contributed by atoms with Crippen LogP contribution in [0.25, 0.3) is 10.1 Å². The molecule has 2 aliphatic heterocycles. The maximum absolute atomic E-state index is 13.6. The van der Waals surface area contributed by atoms with Gasteiger partial charge in [0.1, 0.15) is 5.82 Å². The monoisotopic (exact) mass is 412 g/mol. The van der Waals surface area contributed by atoms with Gasteiger partial charge in [-0.3, -0.25) is 9.69 Å². The zero-order chi connectivity index (χ0) is 19.8. The summed E-state index contributed by atoms with van der Waals surface area (Å²) in [5.74, 6) is 1.40. The molecule has 0 radical (unpaired) electrons. The molecule has 0 saturated carbocycles. The van der Waals surface area contributed by atoms with E-state index in [1.807, 2.05) is 17.5 Å². The van der Waals surface area contributed by atoms with Gasteiger partial charge in [-0.05, 0) is 30.3 Å².